The summed E-state index contributed by atoms with van der Waals surface area (Å²) >= 11 is 0. The van der Waals surface area contributed by atoms with E-state index in [1.807, 2.05) is 0 Å². The summed E-state index contributed by atoms with van der Waals surface area (Å²) < 4.78 is 30.7. The number of ether oxygens (including phenoxy) is 1. The third-order valence-electron chi connectivity index (χ3n) is 4.66. The Hall–Kier alpha value is -0.130. The van der Waals surface area contributed by atoms with Crippen LogP contribution in [0.2, 0.25) is 0 Å². The van der Waals surface area contributed by atoms with Crippen LogP contribution in [0.4, 0.5) is 0 Å². The Balaban J connectivity index is 1.97. The normalized spacial score (nSPS) is 26.8. The van der Waals surface area contributed by atoms with Gasteiger partial charge in [0.25, 0.3) is 0 Å². The molecule has 2 unspecified atom stereocenters. The molecule has 2 aliphatic rings. The van der Waals surface area contributed by atoms with Gasteiger partial charge >= 0.3 is 0 Å². The molecule has 0 aromatic carbocycles. The van der Waals surface area contributed by atoms with Gasteiger partial charge in [-0.05, 0) is 32.2 Å². The van der Waals surface area contributed by atoms with Gasteiger partial charge in [0.15, 0.2) is 9.84 Å². The van der Waals surface area contributed by atoms with E-state index in [0.29, 0.717) is 18.3 Å². The van der Waals surface area contributed by atoms with E-state index in [9.17, 15) is 8.42 Å². The van der Waals surface area contributed by atoms with Gasteiger partial charge in [0.2, 0.25) is 0 Å². The van der Waals surface area contributed by atoms with Gasteiger partial charge in [0.1, 0.15) is 0 Å². The molecule has 0 aromatic heterocycles. The summed E-state index contributed by atoms with van der Waals surface area (Å²) in [6, 6.07) is 0.0735. The second-order valence-electron chi connectivity index (χ2n) is 6.27. The highest BCUT2D eigenvalue weighted by Gasteiger charge is 2.34. The molecule has 20 heavy (non-hydrogen) atoms. The van der Waals surface area contributed by atoms with Crippen molar-refractivity contribution in [1.29, 1.82) is 0 Å². The molecule has 1 aliphatic heterocycles. The first-order chi connectivity index (χ1) is 9.63. The molecular formula is C15H29NO3S. The topological polar surface area (TPSA) is 55.4 Å². The number of rotatable bonds is 7. The molecule has 118 valence electrons. The maximum atomic E-state index is 12.6. The molecule has 4 nitrogen and oxygen atoms in total. The predicted octanol–water partition coefficient (Wildman–Crippen LogP) is 2.14. The molecule has 5 heteroatoms. The lowest BCUT2D eigenvalue weighted by molar-refractivity contribution is 0.178. The largest absolute Gasteiger partial charge is 0.381 e. The minimum absolute atomic E-state index is 0.0735. The van der Waals surface area contributed by atoms with Crippen molar-refractivity contribution in [3.05, 3.63) is 0 Å². The van der Waals surface area contributed by atoms with Gasteiger partial charge in [-0.1, -0.05) is 26.2 Å². The van der Waals surface area contributed by atoms with Crippen LogP contribution in [0, 0.1) is 5.92 Å². The number of sulfone groups is 1. The number of hydrogen-bond donors (Lipinski definition) is 1. The molecular weight excluding hydrogens is 274 g/mol. The average molecular weight is 303 g/mol. The molecule has 1 heterocycles. The highest BCUT2D eigenvalue weighted by molar-refractivity contribution is 7.92. The van der Waals surface area contributed by atoms with Gasteiger partial charge < -0.3 is 10.1 Å². The van der Waals surface area contributed by atoms with Crippen molar-refractivity contribution < 1.29 is 13.2 Å². The van der Waals surface area contributed by atoms with Crippen LogP contribution in [0.3, 0.4) is 0 Å². The van der Waals surface area contributed by atoms with Crippen molar-refractivity contribution in [3.8, 4) is 0 Å². The lowest BCUT2D eigenvalue weighted by Gasteiger charge is -2.28. The van der Waals surface area contributed by atoms with Crippen LogP contribution in [0.1, 0.15) is 51.9 Å². The van der Waals surface area contributed by atoms with Gasteiger partial charge in [0.05, 0.1) is 17.6 Å². The Morgan fingerprint density at radius 3 is 2.55 bits per heavy atom. The zero-order valence-corrected chi connectivity index (χ0v) is 13.5. The first-order valence-electron chi connectivity index (χ1n) is 8.16. The fourth-order valence-electron chi connectivity index (χ4n) is 3.37. The third-order valence-corrected chi connectivity index (χ3v) is 6.97. The number of hydrogen-bond acceptors (Lipinski definition) is 4. The van der Waals surface area contributed by atoms with E-state index >= 15 is 0 Å². The van der Waals surface area contributed by atoms with Crippen molar-refractivity contribution in [2.75, 3.05) is 25.5 Å². The second kappa shape index (κ2) is 7.76. The molecule has 0 radical (unpaired) electrons. The molecule has 1 N–H and O–H groups in total. The maximum absolute atomic E-state index is 12.6. The lowest BCUT2D eigenvalue weighted by Crippen LogP contribution is -2.44. The minimum atomic E-state index is -2.97. The zero-order chi connectivity index (χ0) is 14.4. The van der Waals surface area contributed by atoms with E-state index in [4.69, 9.17) is 4.74 Å². The fourth-order valence-corrected chi connectivity index (χ4v) is 5.59. The standard InChI is InChI=1S/C15H29NO3S/c1-2-9-16-15(13-8-10-19-11-13)12-20(17,18)14-6-4-3-5-7-14/h13-16H,2-12H2,1H3. The molecule has 2 atom stereocenters. The van der Waals surface area contributed by atoms with E-state index in [-0.39, 0.29) is 11.3 Å². The molecule has 0 aromatic rings. The molecule has 1 saturated carbocycles. The van der Waals surface area contributed by atoms with E-state index in [2.05, 4.69) is 12.2 Å². The van der Waals surface area contributed by atoms with Crippen LogP contribution < -0.4 is 5.32 Å². The summed E-state index contributed by atoms with van der Waals surface area (Å²) in [5, 5.41) is 3.35. The Morgan fingerprint density at radius 1 is 1.20 bits per heavy atom. The summed E-state index contributed by atoms with van der Waals surface area (Å²) in [5.74, 6) is 0.658. The lowest BCUT2D eigenvalue weighted by atomic mass is 10.00. The van der Waals surface area contributed by atoms with E-state index in [1.165, 1.54) is 6.42 Å². The fraction of sp³-hybridized carbons (Fsp3) is 1.00. The average Bonchev–Trinajstić information content (AvgIpc) is 2.98. The maximum Gasteiger partial charge on any atom is 0.154 e. The molecule has 1 aliphatic carbocycles. The summed E-state index contributed by atoms with van der Waals surface area (Å²) in [7, 11) is -2.97. The summed E-state index contributed by atoms with van der Waals surface area (Å²) in [5.41, 5.74) is 0. The first kappa shape index (κ1) is 16.2. The molecule has 0 amide bonds. The molecule has 0 spiro atoms. The summed E-state index contributed by atoms with van der Waals surface area (Å²) in [6.07, 6.45) is 7.09. The smallest absolute Gasteiger partial charge is 0.154 e. The predicted molar refractivity (Wildman–Crippen MR) is 81.7 cm³/mol. The minimum Gasteiger partial charge on any atom is -0.381 e. The van der Waals surface area contributed by atoms with Crippen molar-refractivity contribution >= 4 is 9.84 Å². The third kappa shape index (κ3) is 4.43. The van der Waals surface area contributed by atoms with Gasteiger partial charge in [-0.15, -0.1) is 0 Å². The van der Waals surface area contributed by atoms with Crippen molar-refractivity contribution in [2.45, 2.75) is 63.2 Å². The Bertz CT molecular complexity index is 371. The van der Waals surface area contributed by atoms with Gasteiger partial charge in [-0.25, -0.2) is 8.42 Å². The van der Waals surface area contributed by atoms with Crippen LogP contribution in [0.5, 0.6) is 0 Å². The van der Waals surface area contributed by atoms with Crippen molar-refractivity contribution in [2.24, 2.45) is 5.92 Å². The highest BCUT2D eigenvalue weighted by atomic mass is 32.2. The van der Waals surface area contributed by atoms with Crippen LogP contribution in [-0.2, 0) is 14.6 Å². The van der Waals surface area contributed by atoms with Crippen molar-refractivity contribution in [3.63, 3.8) is 0 Å². The van der Waals surface area contributed by atoms with Crippen LogP contribution in [-0.4, -0.2) is 45.2 Å². The van der Waals surface area contributed by atoms with Crippen LogP contribution >= 0.6 is 0 Å². The van der Waals surface area contributed by atoms with Crippen LogP contribution in [0.25, 0.3) is 0 Å². The molecule has 2 rings (SSSR count). The Kier molecular flexibility index (Phi) is 6.30. The molecule has 0 bridgehead atoms. The van der Waals surface area contributed by atoms with E-state index in [1.54, 1.807) is 0 Å². The molecule has 2 fully saturated rings. The van der Waals surface area contributed by atoms with Crippen LogP contribution in [0.15, 0.2) is 0 Å². The summed E-state index contributed by atoms with van der Waals surface area (Å²) in [6.45, 7) is 4.49. The van der Waals surface area contributed by atoms with E-state index in [0.717, 1.165) is 51.7 Å². The summed E-state index contributed by atoms with van der Waals surface area (Å²) in [4.78, 5) is 0. The first-order valence-corrected chi connectivity index (χ1v) is 9.87. The highest BCUT2D eigenvalue weighted by Crippen LogP contribution is 2.26. The second-order valence-corrected chi connectivity index (χ2v) is 8.60. The Morgan fingerprint density at radius 2 is 1.95 bits per heavy atom. The number of nitrogens with one attached hydrogen (secondary N) is 1. The monoisotopic (exact) mass is 303 g/mol. The quantitative estimate of drug-likeness (QED) is 0.783. The zero-order valence-electron chi connectivity index (χ0n) is 12.6. The van der Waals surface area contributed by atoms with E-state index < -0.39 is 9.84 Å². The van der Waals surface area contributed by atoms with Crippen molar-refractivity contribution in [1.82, 2.24) is 5.32 Å². The SMILES string of the molecule is CCCNC(CS(=O)(=O)C1CCCCC1)C1CCOC1. The van der Waals surface area contributed by atoms with Gasteiger partial charge in [-0.3, -0.25) is 0 Å². The Labute approximate surface area is 123 Å². The van der Waals surface area contributed by atoms with Gasteiger partial charge in [-0.2, -0.15) is 0 Å². The van der Waals surface area contributed by atoms with Gasteiger partial charge in [0, 0.05) is 18.6 Å². The molecule has 1 saturated heterocycles.